The standard InChI is InChI=1S/C9H8Cl2N6O/c10-5-3-7(15-9(11)13-5)14-8(18)4-17-2-1-6(12)16-17/h1-3H,4H2,(H2,12,16)(H,13,14,15,18). The van der Waals surface area contributed by atoms with Gasteiger partial charge in [-0.25, -0.2) is 9.97 Å². The van der Waals surface area contributed by atoms with Gasteiger partial charge in [-0.3, -0.25) is 9.48 Å². The number of anilines is 2. The van der Waals surface area contributed by atoms with E-state index in [1.165, 1.54) is 10.7 Å². The zero-order valence-corrected chi connectivity index (χ0v) is 10.5. The molecule has 0 aliphatic heterocycles. The van der Waals surface area contributed by atoms with E-state index in [0.717, 1.165) is 0 Å². The quantitative estimate of drug-likeness (QED) is 0.652. The fourth-order valence-corrected chi connectivity index (χ4v) is 1.66. The van der Waals surface area contributed by atoms with Crippen molar-refractivity contribution >= 4 is 40.7 Å². The lowest BCUT2D eigenvalue weighted by Gasteiger charge is -2.04. The van der Waals surface area contributed by atoms with Crippen LogP contribution in [0.1, 0.15) is 0 Å². The molecule has 2 heterocycles. The molecule has 0 unspecified atom stereocenters. The zero-order chi connectivity index (χ0) is 13.1. The van der Waals surface area contributed by atoms with Crippen LogP contribution in [0.15, 0.2) is 18.3 Å². The third-order valence-corrected chi connectivity index (χ3v) is 2.26. The second kappa shape index (κ2) is 5.19. The first-order valence-corrected chi connectivity index (χ1v) is 5.57. The van der Waals surface area contributed by atoms with E-state index in [2.05, 4.69) is 20.4 Å². The molecule has 2 aromatic heterocycles. The van der Waals surface area contributed by atoms with Crippen molar-refractivity contribution in [3.63, 3.8) is 0 Å². The van der Waals surface area contributed by atoms with Crippen LogP contribution in [0.2, 0.25) is 10.4 Å². The Kier molecular flexibility index (Phi) is 3.63. The third kappa shape index (κ3) is 3.31. The maximum atomic E-state index is 11.7. The van der Waals surface area contributed by atoms with Crippen molar-refractivity contribution in [1.82, 2.24) is 19.7 Å². The van der Waals surface area contributed by atoms with Gasteiger partial charge < -0.3 is 11.1 Å². The van der Waals surface area contributed by atoms with Crippen molar-refractivity contribution in [3.8, 4) is 0 Å². The molecule has 0 aliphatic carbocycles. The average molecular weight is 287 g/mol. The predicted molar refractivity (Wildman–Crippen MR) is 67.3 cm³/mol. The third-order valence-electron chi connectivity index (χ3n) is 1.90. The van der Waals surface area contributed by atoms with E-state index >= 15 is 0 Å². The summed E-state index contributed by atoms with van der Waals surface area (Å²) in [5.74, 6) is 0.241. The van der Waals surface area contributed by atoms with E-state index in [1.54, 1.807) is 12.3 Å². The Morgan fingerprint density at radius 2 is 2.22 bits per heavy atom. The fraction of sp³-hybridized carbons (Fsp3) is 0.111. The summed E-state index contributed by atoms with van der Waals surface area (Å²) in [5.41, 5.74) is 5.43. The SMILES string of the molecule is Nc1ccn(CC(=O)Nc2cc(Cl)nc(Cl)n2)n1. The first kappa shape index (κ1) is 12.6. The van der Waals surface area contributed by atoms with Gasteiger partial charge in [-0.05, 0) is 17.7 Å². The van der Waals surface area contributed by atoms with Crippen molar-refractivity contribution in [3.05, 3.63) is 28.8 Å². The number of carbonyl (C=O) groups excluding carboxylic acids is 1. The minimum atomic E-state index is -0.330. The van der Waals surface area contributed by atoms with Gasteiger partial charge in [0.25, 0.3) is 0 Å². The number of rotatable bonds is 3. The summed E-state index contributed by atoms with van der Waals surface area (Å²) in [7, 11) is 0. The molecule has 0 fully saturated rings. The van der Waals surface area contributed by atoms with Gasteiger partial charge in [0, 0.05) is 12.3 Å². The number of aromatic nitrogens is 4. The average Bonchev–Trinajstić information content (AvgIpc) is 2.61. The van der Waals surface area contributed by atoms with Crippen LogP contribution in [0.5, 0.6) is 0 Å². The van der Waals surface area contributed by atoms with Gasteiger partial charge >= 0.3 is 0 Å². The molecule has 0 saturated carbocycles. The molecule has 0 atom stereocenters. The summed E-state index contributed by atoms with van der Waals surface area (Å²) in [5, 5.41) is 6.50. The zero-order valence-electron chi connectivity index (χ0n) is 8.97. The van der Waals surface area contributed by atoms with Crippen LogP contribution >= 0.6 is 23.2 Å². The van der Waals surface area contributed by atoms with Crippen LogP contribution in [-0.2, 0) is 11.3 Å². The molecule has 0 spiro atoms. The Balaban J connectivity index is 2.02. The van der Waals surface area contributed by atoms with E-state index in [9.17, 15) is 4.79 Å². The smallest absolute Gasteiger partial charge is 0.247 e. The second-order valence-corrected chi connectivity index (χ2v) is 4.06. The van der Waals surface area contributed by atoms with Crippen LogP contribution in [0.3, 0.4) is 0 Å². The van der Waals surface area contributed by atoms with Crippen molar-refractivity contribution in [1.29, 1.82) is 0 Å². The molecule has 0 saturated heterocycles. The lowest BCUT2D eigenvalue weighted by atomic mass is 10.5. The van der Waals surface area contributed by atoms with Crippen LogP contribution in [-0.4, -0.2) is 25.7 Å². The molecule has 7 nitrogen and oxygen atoms in total. The van der Waals surface area contributed by atoms with E-state index in [-0.39, 0.29) is 28.7 Å². The maximum Gasteiger partial charge on any atom is 0.247 e. The number of carbonyl (C=O) groups is 1. The second-order valence-electron chi connectivity index (χ2n) is 3.33. The normalized spacial score (nSPS) is 10.3. The van der Waals surface area contributed by atoms with Gasteiger partial charge in [-0.1, -0.05) is 11.6 Å². The molecule has 0 bridgehead atoms. The molecule has 94 valence electrons. The first-order valence-electron chi connectivity index (χ1n) is 4.82. The maximum absolute atomic E-state index is 11.7. The van der Waals surface area contributed by atoms with Crippen molar-refractivity contribution in [2.75, 3.05) is 11.1 Å². The molecule has 9 heteroatoms. The number of amides is 1. The van der Waals surface area contributed by atoms with Crippen molar-refractivity contribution in [2.45, 2.75) is 6.54 Å². The highest BCUT2D eigenvalue weighted by molar-refractivity contribution is 6.32. The number of nitrogens with zero attached hydrogens (tertiary/aromatic N) is 4. The van der Waals surface area contributed by atoms with Gasteiger partial charge in [-0.15, -0.1) is 0 Å². The van der Waals surface area contributed by atoms with Crippen molar-refractivity contribution in [2.24, 2.45) is 0 Å². The summed E-state index contributed by atoms with van der Waals surface area (Å²) in [6.45, 7) is 0.0104. The number of nitrogens with one attached hydrogen (secondary N) is 1. The van der Waals surface area contributed by atoms with Gasteiger partial charge in [0.05, 0.1) is 0 Å². The molecule has 18 heavy (non-hydrogen) atoms. The van der Waals surface area contributed by atoms with Gasteiger partial charge in [0.15, 0.2) is 0 Å². The molecule has 3 N–H and O–H groups in total. The van der Waals surface area contributed by atoms with Crippen LogP contribution in [0.25, 0.3) is 0 Å². The minimum absolute atomic E-state index is 0.0104. The van der Waals surface area contributed by atoms with Crippen molar-refractivity contribution < 1.29 is 4.79 Å². The van der Waals surface area contributed by atoms with E-state index in [1.807, 2.05) is 0 Å². The van der Waals surface area contributed by atoms with Crippen LogP contribution in [0.4, 0.5) is 11.6 Å². The minimum Gasteiger partial charge on any atom is -0.382 e. The molecule has 1 amide bonds. The summed E-state index contributed by atoms with van der Waals surface area (Å²) >= 11 is 11.3. The molecule has 0 radical (unpaired) electrons. The number of halogens is 2. The first-order chi connectivity index (χ1) is 8.52. The molecule has 2 rings (SSSR count). The Hall–Kier alpha value is -1.86. The summed E-state index contributed by atoms with van der Waals surface area (Å²) in [4.78, 5) is 19.1. The highest BCUT2D eigenvalue weighted by Crippen LogP contribution is 2.14. The topological polar surface area (TPSA) is 98.7 Å². The monoisotopic (exact) mass is 286 g/mol. The van der Waals surface area contributed by atoms with Gasteiger partial charge in [-0.2, -0.15) is 5.10 Å². The Morgan fingerprint density at radius 1 is 1.44 bits per heavy atom. The molecule has 2 aromatic rings. The Morgan fingerprint density at radius 3 is 2.83 bits per heavy atom. The van der Waals surface area contributed by atoms with E-state index in [4.69, 9.17) is 28.9 Å². The Labute approximate surface area is 112 Å². The highest BCUT2D eigenvalue weighted by atomic mass is 35.5. The van der Waals surface area contributed by atoms with Gasteiger partial charge in [0.1, 0.15) is 23.3 Å². The Bertz CT molecular complexity index is 564. The van der Waals surface area contributed by atoms with Crippen LogP contribution < -0.4 is 11.1 Å². The number of hydrogen-bond acceptors (Lipinski definition) is 5. The molecule has 0 aliphatic rings. The molecule has 0 aromatic carbocycles. The summed E-state index contributed by atoms with van der Waals surface area (Å²) in [6, 6.07) is 2.98. The predicted octanol–water partition coefficient (Wildman–Crippen LogP) is 1.20. The fourth-order valence-electron chi connectivity index (χ4n) is 1.25. The molecular formula is C9H8Cl2N6O. The number of nitrogens with two attached hydrogens (primary N) is 1. The highest BCUT2D eigenvalue weighted by Gasteiger charge is 2.07. The number of nitrogen functional groups attached to an aromatic ring is 1. The summed E-state index contributed by atoms with van der Waals surface area (Å²) < 4.78 is 1.40. The lowest BCUT2D eigenvalue weighted by molar-refractivity contribution is -0.116. The number of hydrogen-bond donors (Lipinski definition) is 2. The summed E-state index contributed by atoms with van der Waals surface area (Å²) in [6.07, 6.45) is 1.59. The van der Waals surface area contributed by atoms with Gasteiger partial charge in [0.2, 0.25) is 11.2 Å². The largest absolute Gasteiger partial charge is 0.382 e. The van der Waals surface area contributed by atoms with E-state index in [0.29, 0.717) is 5.82 Å². The van der Waals surface area contributed by atoms with Crippen LogP contribution in [0, 0.1) is 0 Å². The van der Waals surface area contributed by atoms with E-state index < -0.39 is 0 Å². The molecular weight excluding hydrogens is 279 g/mol. The lowest BCUT2D eigenvalue weighted by Crippen LogP contribution is -2.20.